The second kappa shape index (κ2) is 8.62. The minimum atomic E-state index is -1.01. The van der Waals surface area contributed by atoms with Gasteiger partial charge in [0, 0.05) is 18.7 Å². The molecule has 1 aromatic heterocycles. The Balaban J connectivity index is 2.89. The lowest BCUT2D eigenvalue weighted by Gasteiger charge is -2.26. The zero-order chi connectivity index (χ0) is 15.8. The SMILES string of the molecule is CCCCCN(C(=O)c1sccc1C=CC(=O)O)C(C)C. The number of amides is 1. The first-order valence-electron chi connectivity index (χ1n) is 7.26. The van der Waals surface area contributed by atoms with Gasteiger partial charge in [-0.25, -0.2) is 4.79 Å². The van der Waals surface area contributed by atoms with E-state index in [1.54, 1.807) is 6.07 Å². The summed E-state index contributed by atoms with van der Waals surface area (Å²) in [7, 11) is 0. The number of unbranched alkanes of at least 4 members (excludes halogenated alkanes) is 2. The minimum absolute atomic E-state index is 0.0128. The highest BCUT2D eigenvalue weighted by atomic mass is 32.1. The minimum Gasteiger partial charge on any atom is -0.478 e. The first-order chi connectivity index (χ1) is 9.97. The molecule has 0 fully saturated rings. The molecular formula is C16H23NO3S. The van der Waals surface area contributed by atoms with Crippen LogP contribution in [0.1, 0.15) is 55.3 Å². The van der Waals surface area contributed by atoms with Crippen molar-refractivity contribution in [2.45, 2.75) is 46.1 Å². The van der Waals surface area contributed by atoms with Gasteiger partial charge in [-0.15, -0.1) is 11.3 Å². The molecule has 0 aliphatic heterocycles. The molecule has 4 nitrogen and oxygen atoms in total. The molecule has 0 aliphatic carbocycles. The highest BCUT2D eigenvalue weighted by molar-refractivity contribution is 7.12. The van der Waals surface area contributed by atoms with Crippen molar-refractivity contribution in [2.75, 3.05) is 6.54 Å². The van der Waals surface area contributed by atoms with Gasteiger partial charge in [0.05, 0.1) is 4.88 Å². The Kier molecular flexibility index (Phi) is 7.15. The average Bonchev–Trinajstić information content (AvgIpc) is 2.88. The standard InChI is InChI=1S/C16H23NO3S/c1-4-5-6-10-17(12(2)3)16(20)15-13(9-11-21-15)7-8-14(18)19/h7-9,11-12H,4-6,10H2,1-3H3,(H,18,19). The fourth-order valence-corrected chi connectivity index (χ4v) is 2.88. The maximum absolute atomic E-state index is 12.7. The Bertz CT molecular complexity index is 505. The molecule has 0 atom stereocenters. The van der Waals surface area contributed by atoms with E-state index in [2.05, 4.69) is 6.92 Å². The number of thiophene rings is 1. The number of carbonyl (C=O) groups is 2. The van der Waals surface area contributed by atoms with Crippen LogP contribution in [0.15, 0.2) is 17.5 Å². The van der Waals surface area contributed by atoms with Crippen molar-refractivity contribution >= 4 is 29.3 Å². The predicted octanol–water partition coefficient (Wildman–Crippen LogP) is 3.89. The lowest BCUT2D eigenvalue weighted by atomic mass is 10.1. The van der Waals surface area contributed by atoms with Crippen LogP contribution in [0, 0.1) is 0 Å². The Morgan fingerprint density at radius 1 is 1.38 bits per heavy atom. The van der Waals surface area contributed by atoms with Crippen LogP contribution in [0.3, 0.4) is 0 Å². The lowest BCUT2D eigenvalue weighted by Crippen LogP contribution is -2.37. The summed E-state index contributed by atoms with van der Waals surface area (Å²) < 4.78 is 0. The van der Waals surface area contributed by atoms with E-state index in [-0.39, 0.29) is 11.9 Å². The fraction of sp³-hybridized carbons (Fsp3) is 0.500. The second-order valence-corrected chi connectivity index (χ2v) is 6.09. The molecule has 0 aromatic carbocycles. The van der Waals surface area contributed by atoms with Crippen LogP contribution in [0.25, 0.3) is 6.08 Å². The third-order valence-electron chi connectivity index (χ3n) is 3.18. The van der Waals surface area contributed by atoms with Crippen molar-refractivity contribution in [2.24, 2.45) is 0 Å². The van der Waals surface area contributed by atoms with Gasteiger partial charge in [0.1, 0.15) is 0 Å². The maximum Gasteiger partial charge on any atom is 0.328 e. The first-order valence-corrected chi connectivity index (χ1v) is 8.14. The van der Waals surface area contributed by atoms with Gasteiger partial charge < -0.3 is 10.0 Å². The number of nitrogens with zero attached hydrogens (tertiary/aromatic N) is 1. The van der Waals surface area contributed by atoms with Gasteiger partial charge in [0.15, 0.2) is 0 Å². The predicted molar refractivity (Wildman–Crippen MR) is 86.7 cm³/mol. The van der Waals surface area contributed by atoms with E-state index >= 15 is 0 Å². The van der Waals surface area contributed by atoms with Crippen molar-refractivity contribution in [3.8, 4) is 0 Å². The zero-order valence-electron chi connectivity index (χ0n) is 12.8. The first kappa shape index (κ1) is 17.4. The molecule has 0 saturated carbocycles. The van der Waals surface area contributed by atoms with Crippen molar-refractivity contribution in [1.29, 1.82) is 0 Å². The molecule has 0 bridgehead atoms. The van der Waals surface area contributed by atoms with E-state index in [0.717, 1.165) is 31.9 Å². The molecule has 1 amide bonds. The van der Waals surface area contributed by atoms with Crippen LogP contribution < -0.4 is 0 Å². The van der Waals surface area contributed by atoms with Crippen molar-refractivity contribution < 1.29 is 14.7 Å². The molecule has 1 heterocycles. The lowest BCUT2D eigenvalue weighted by molar-refractivity contribution is -0.131. The summed E-state index contributed by atoms with van der Waals surface area (Å²) in [5.41, 5.74) is 0.675. The van der Waals surface area contributed by atoms with Crippen molar-refractivity contribution in [3.05, 3.63) is 28.0 Å². The highest BCUT2D eigenvalue weighted by Crippen LogP contribution is 2.22. The highest BCUT2D eigenvalue weighted by Gasteiger charge is 2.21. The topological polar surface area (TPSA) is 57.6 Å². The van der Waals surface area contributed by atoms with E-state index in [9.17, 15) is 9.59 Å². The van der Waals surface area contributed by atoms with Gasteiger partial charge in [-0.2, -0.15) is 0 Å². The summed E-state index contributed by atoms with van der Waals surface area (Å²) in [4.78, 5) is 25.7. The average molecular weight is 309 g/mol. The molecule has 0 radical (unpaired) electrons. The second-order valence-electron chi connectivity index (χ2n) is 5.18. The molecule has 1 rings (SSSR count). The van der Waals surface area contributed by atoms with Gasteiger partial charge in [-0.3, -0.25) is 4.79 Å². The Labute approximate surface area is 130 Å². The number of aliphatic carboxylic acids is 1. The summed E-state index contributed by atoms with van der Waals surface area (Å²) in [6.45, 7) is 6.88. The van der Waals surface area contributed by atoms with Gasteiger partial charge >= 0.3 is 5.97 Å². The third-order valence-corrected chi connectivity index (χ3v) is 4.10. The summed E-state index contributed by atoms with van der Waals surface area (Å²) in [5.74, 6) is -1.02. The van der Waals surface area contributed by atoms with Gasteiger partial charge in [-0.05, 0) is 43.4 Å². The van der Waals surface area contributed by atoms with E-state index in [4.69, 9.17) is 5.11 Å². The Morgan fingerprint density at radius 3 is 2.67 bits per heavy atom. The fourth-order valence-electron chi connectivity index (χ4n) is 2.04. The van der Waals surface area contributed by atoms with E-state index in [1.807, 2.05) is 24.1 Å². The van der Waals surface area contributed by atoms with Crippen LogP contribution in [0.2, 0.25) is 0 Å². The van der Waals surface area contributed by atoms with E-state index < -0.39 is 5.97 Å². The number of rotatable bonds is 8. The maximum atomic E-state index is 12.7. The van der Waals surface area contributed by atoms with Crippen LogP contribution >= 0.6 is 11.3 Å². The quantitative estimate of drug-likeness (QED) is 0.585. The van der Waals surface area contributed by atoms with Gasteiger partial charge in [0.2, 0.25) is 0 Å². The van der Waals surface area contributed by atoms with E-state index in [0.29, 0.717) is 10.4 Å². The van der Waals surface area contributed by atoms with Crippen LogP contribution in [-0.4, -0.2) is 34.5 Å². The van der Waals surface area contributed by atoms with Crippen LogP contribution in [0.4, 0.5) is 0 Å². The monoisotopic (exact) mass is 309 g/mol. The molecule has 1 aromatic rings. The van der Waals surface area contributed by atoms with Crippen LogP contribution in [-0.2, 0) is 4.79 Å². The molecule has 0 aliphatic rings. The molecule has 21 heavy (non-hydrogen) atoms. The number of carbonyl (C=O) groups excluding carboxylic acids is 1. The number of carboxylic acid groups (broad SMARTS) is 1. The van der Waals surface area contributed by atoms with Crippen molar-refractivity contribution in [3.63, 3.8) is 0 Å². The Hall–Kier alpha value is -1.62. The molecule has 0 saturated heterocycles. The van der Waals surface area contributed by atoms with Crippen molar-refractivity contribution in [1.82, 2.24) is 4.90 Å². The third kappa shape index (κ3) is 5.34. The van der Waals surface area contributed by atoms with Gasteiger partial charge in [0.25, 0.3) is 5.91 Å². The number of hydrogen-bond acceptors (Lipinski definition) is 3. The largest absolute Gasteiger partial charge is 0.478 e. The smallest absolute Gasteiger partial charge is 0.328 e. The molecular weight excluding hydrogens is 286 g/mol. The summed E-state index contributed by atoms with van der Waals surface area (Å²) >= 11 is 1.36. The molecule has 0 spiro atoms. The zero-order valence-corrected chi connectivity index (χ0v) is 13.7. The molecule has 116 valence electrons. The summed E-state index contributed by atoms with van der Waals surface area (Å²) in [5, 5.41) is 10.5. The van der Waals surface area contributed by atoms with E-state index in [1.165, 1.54) is 17.4 Å². The van der Waals surface area contributed by atoms with Gasteiger partial charge in [-0.1, -0.05) is 19.8 Å². The summed E-state index contributed by atoms with van der Waals surface area (Å²) in [6.07, 6.45) is 5.76. The number of carboxylic acids is 1. The molecule has 5 heteroatoms. The summed E-state index contributed by atoms with van der Waals surface area (Å²) in [6, 6.07) is 1.91. The van der Waals surface area contributed by atoms with Crippen LogP contribution in [0.5, 0.6) is 0 Å². The normalized spacial score (nSPS) is 11.2. The number of hydrogen-bond donors (Lipinski definition) is 1. The molecule has 0 unspecified atom stereocenters. The molecule has 1 N–H and O–H groups in total. The Morgan fingerprint density at radius 2 is 2.10 bits per heavy atom.